The Morgan fingerprint density at radius 2 is 1.45 bits per heavy atom. The van der Waals surface area contributed by atoms with Crippen LogP contribution in [0.15, 0.2) is 24.3 Å². The van der Waals surface area contributed by atoms with Crippen molar-refractivity contribution in [2.75, 3.05) is 33.3 Å². The fraction of sp³-hybridized carbons (Fsp3) is 0.571. The number of benzene rings is 1. The molecule has 1 aromatic carbocycles. The first-order chi connectivity index (χ1) is 13.9. The van der Waals surface area contributed by atoms with Crippen molar-refractivity contribution in [2.45, 2.75) is 44.6 Å². The summed E-state index contributed by atoms with van der Waals surface area (Å²) in [5.74, 6) is -2.87. The van der Waals surface area contributed by atoms with Gasteiger partial charge in [-0.25, -0.2) is 9.59 Å². The Morgan fingerprint density at radius 1 is 0.897 bits per heavy atom. The molecule has 1 aromatic rings. The second-order valence-electron chi connectivity index (χ2n) is 7.28. The van der Waals surface area contributed by atoms with Gasteiger partial charge in [0.25, 0.3) is 5.91 Å². The summed E-state index contributed by atoms with van der Waals surface area (Å²) in [6, 6.07) is 8.19. The summed E-state index contributed by atoms with van der Waals surface area (Å²) in [5.41, 5.74) is 0.684. The highest BCUT2D eigenvalue weighted by Gasteiger charge is 2.28. The average molecular weight is 406 g/mol. The lowest BCUT2D eigenvalue weighted by atomic mass is 10.0. The SMILES string of the molecule is COc1ccccc1C(=O)N1CCC(N2CCCCCC2)CC1.O=C(O)C(=O)O. The Labute approximate surface area is 171 Å². The molecular formula is C21H30N2O6. The smallest absolute Gasteiger partial charge is 0.414 e. The number of amides is 1. The topological polar surface area (TPSA) is 107 Å². The van der Waals surface area contributed by atoms with Crippen LogP contribution in [-0.2, 0) is 9.59 Å². The van der Waals surface area contributed by atoms with Crippen LogP contribution >= 0.6 is 0 Å². The van der Waals surface area contributed by atoms with E-state index in [1.807, 2.05) is 29.2 Å². The molecule has 0 saturated carbocycles. The van der Waals surface area contributed by atoms with E-state index >= 15 is 0 Å². The molecular weight excluding hydrogens is 376 g/mol. The maximum atomic E-state index is 12.7. The van der Waals surface area contributed by atoms with Crippen molar-refractivity contribution in [3.8, 4) is 5.75 Å². The van der Waals surface area contributed by atoms with Gasteiger partial charge in [0.1, 0.15) is 5.75 Å². The summed E-state index contributed by atoms with van der Waals surface area (Å²) < 4.78 is 5.33. The van der Waals surface area contributed by atoms with E-state index in [9.17, 15) is 4.79 Å². The highest BCUT2D eigenvalue weighted by Crippen LogP contribution is 2.24. The standard InChI is InChI=1S/C19H28N2O2.C2H2O4/c1-23-18-9-5-4-8-17(18)19(22)21-14-10-16(11-15-21)20-12-6-2-3-7-13-20;3-1(4)2(5)6/h4-5,8-9,16H,2-3,6-7,10-15H2,1H3;(H,3,4)(H,5,6). The molecule has 2 aliphatic heterocycles. The van der Waals surface area contributed by atoms with Gasteiger partial charge < -0.3 is 24.7 Å². The predicted molar refractivity (Wildman–Crippen MR) is 107 cm³/mol. The Morgan fingerprint density at radius 3 is 1.97 bits per heavy atom. The van der Waals surface area contributed by atoms with Crippen molar-refractivity contribution in [1.82, 2.24) is 9.80 Å². The molecule has 3 rings (SSSR count). The van der Waals surface area contributed by atoms with Crippen molar-refractivity contribution in [3.05, 3.63) is 29.8 Å². The number of rotatable bonds is 3. The Hall–Kier alpha value is -2.61. The normalized spacial score (nSPS) is 18.2. The molecule has 0 atom stereocenters. The van der Waals surface area contributed by atoms with Crippen molar-refractivity contribution >= 4 is 17.8 Å². The van der Waals surface area contributed by atoms with Gasteiger partial charge in [-0.05, 0) is 50.9 Å². The number of methoxy groups -OCH3 is 1. The average Bonchev–Trinajstić information content (AvgIpc) is 3.03. The number of carboxylic acid groups (broad SMARTS) is 2. The number of hydrogen-bond acceptors (Lipinski definition) is 5. The zero-order valence-electron chi connectivity index (χ0n) is 16.9. The number of likely N-dealkylation sites (tertiary alicyclic amines) is 2. The molecule has 29 heavy (non-hydrogen) atoms. The molecule has 2 aliphatic rings. The monoisotopic (exact) mass is 406 g/mol. The number of carbonyl (C=O) groups excluding carboxylic acids is 1. The number of piperidine rings is 1. The number of hydrogen-bond donors (Lipinski definition) is 2. The van der Waals surface area contributed by atoms with Gasteiger partial charge >= 0.3 is 11.9 Å². The summed E-state index contributed by atoms with van der Waals surface area (Å²) in [5, 5.41) is 14.8. The third kappa shape index (κ3) is 6.74. The fourth-order valence-corrected chi connectivity index (χ4v) is 3.89. The van der Waals surface area contributed by atoms with Crippen molar-refractivity contribution in [1.29, 1.82) is 0 Å². The molecule has 2 N–H and O–H groups in total. The summed E-state index contributed by atoms with van der Waals surface area (Å²) in [6.45, 7) is 4.20. The van der Waals surface area contributed by atoms with E-state index in [2.05, 4.69) is 4.90 Å². The molecule has 2 heterocycles. The van der Waals surface area contributed by atoms with Crippen LogP contribution in [0.4, 0.5) is 0 Å². The molecule has 0 bridgehead atoms. The molecule has 0 radical (unpaired) electrons. The summed E-state index contributed by atoms with van der Waals surface area (Å²) in [6.07, 6.45) is 7.62. The molecule has 160 valence electrons. The van der Waals surface area contributed by atoms with Crippen LogP contribution in [0.5, 0.6) is 5.75 Å². The van der Waals surface area contributed by atoms with E-state index in [0.29, 0.717) is 17.4 Å². The number of carbonyl (C=O) groups is 3. The number of nitrogens with zero attached hydrogens (tertiary/aromatic N) is 2. The zero-order valence-corrected chi connectivity index (χ0v) is 16.9. The zero-order chi connectivity index (χ0) is 21.2. The molecule has 8 nitrogen and oxygen atoms in total. The first kappa shape index (κ1) is 22.7. The minimum Gasteiger partial charge on any atom is -0.496 e. The molecule has 0 aliphatic carbocycles. The molecule has 2 saturated heterocycles. The highest BCUT2D eigenvalue weighted by atomic mass is 16.5. The lowest BCUT2D eigenvalue weighted by molar-refractivity contribution is -0.159. The van der Waals surface area contributed by atoms with E-state index < -0.39 is 11.9 Å². The molecule has 2 fully saturated rings. The quantitative estimate of drug-likeness (QED) is 0.742. The summed E-state index contributed by atoms with van der Waals surface area (Å²) >= 11 is 0. The first-order valence-electron chi connectivity index (χ1n) is 10.1. The van der Waals surface area contributed by atoms with Gasteiger partial charge in [-0.2, -0.15) is 0 Å². The van der Waals surface area contributed by atoms with Gasteiger partial charge in [-0.3, -0.25) is 4.79 Å². The number of para-hydroxylation sites is 1. The number of carboxylic acids is 2. The maximum Gasteiger partial charge on any atom is 0.414 e. The molecule has 1 amide bonds. The van der Waals surface area contributed by atoms with Crippen LogP contribution < -0.4 is 4.74 Å². The Balaban J connectivity index is 0.000000438. The van der Waals surface area contributed by atoms with Gasteiger partial charge in [-0.1, -0.05) is 25.0 Å². The van der Waals surface area contributed by atoms with Crippen LogP contribution in [0.1, 0.15) is 48.9 Å². The van der Waals surface area contributed by atoms with E-state index in [4.69, 9.17) is 24.5 Å². The largest absolute Gasteiger partial charge is 0.496 e. The first-order valence-corrected chi connectivity index (χ1v) is 10.1. The van der Waals surface area contributed by atoms with Gasteiger partial charge in [0.2, 0.25) is 0 Å². The number of ether oxygens (including phenoxy) is 1. The fourth-order valence-electron chi connectivity index (χ4n) is 3.89. The van der Waals surface area contributed by atoms with Crippen LogP contribution in [0, 0.1) is 0 Å². The molecule has 8 heteroatoms. The van der Waals surface area contributed by atoms with Crippen LogP contribution in [0.3, 0.4) is 0 Å². The van der Waals surface area contributed by atoms with Gasteiger partial charge in [0.15, 0.2) is 0 Å². The lowest BCUT2D eigenvalue weighted by Crippen LogP contribution is -2.47. The summed E-state index contributed by atoms with van der Waals surface area (Å²) in [4.78, 5) is 35.6. The van der Waals surface area contributed by atoms with Crippen LogP contribution in [0.25, 0.3) is 0 Å². The van der Waals surface area contributed by atoms with Gasteiger partial charge in [-0.15, -0.1) is 0 Å². The van der Waals surface area contributed by atoms with Crippen molar-refractivity contribution in [3.63, 3.8) is 0 Å². The Bertz CT molecular complexity index is 680. The van der Waals surface area contributed by atoms with E-state index in [0.717, 1.165) is 25.9 Å². The minimum absolute atomic E-state index is 0.108. The van der Waals surface area contributed by atoms with Crippen molar-refractivity contribution in [2.24, 2.45) is 0 Å². The predicted octanol–water partition coefficient (Wildman–Crippen LogP) is 2.33. The van der Waals surface area contributed by atoms with Crippen LogP contribution in [0.2, 0.25) is 0 Å². The third-order valence-corrected chi connectivity index (χ3v) is 5.43. The number of aliphatic carboxylic acids is 2. The van der Waals surface area contributed by atoms with Gasteiger partial charge in [0.05, 0.1) is 12.7 Å². The minimum atomic E-state index is -1.82. The van der Waals surface area contributed by atoms with Crippen LogP contribution in [-0.4, -0.2) is 77.2 Å². The molecule has 0 spiro atoms. The van der Waals surface area contributed by atoms with E-state index in [1.165, 1.54) is 38.8 Å². The second-order valence-corrected chi connectivity index (χ2v) is 7.28. The molecule has 0 unspecified atom stereocenters. The van der Waals surface area contributed by atoms with E-state index in [1.54, 1.807) is 7.11 Å². The Kier molecular flexibility index (Phi) is 8.92. The lowest BCUT2D eigenvalue weighted by Gasteiger charge is -2.38. The van der Waals surface area contributed by atoms with Gasteiger partial charge in [0, 0.05) is 19.1 Å². The highest BCUT2D eigenvalue weighted by molar-refractivity contribution is 6.27. The summed E-state index contributed by atoms with van der Waals surface area (Å²) in [7, 11) is 1.62. The van der Waals surface area contributed by atoms with Crippen molar-refractivity contribution < 1.29 is 29.3 Å². The molecule has 0 aromatic heterocycles. The van der Waals surface area contributed by atoms with E-state index in [-0.39, 0.29) is 5.91 Å². The maximum absolute atomic E-state index is 12.7. The third-order valence-electron chi connectivity index (χ3n) is 5.43. The second kappa shape index (κ2) is 11.4.